The van der Waals surface area contributed by atoms with Gasteiger partial charge >= 0.3 is 5.97 Å². The van der Waals surface area contributed by atoms with E-state index in [1.54, 1.807) is 6.92 Å². The van der Waals surface area contributed by atoms with Crippen LogP contribution in [0.2, 0.25) is 0 Å². The van der Waals surface area contributed by atoms with Crippen molar-refractivity contribution in [2.75, 3.05) is 6.61 Å². The van der Waals surface area contributed by atoms with Gasteiger partial charge in [0.1, 0.15) is 11.3 Å². The summed E-state index contributed by atoms with van der Waals surface area (Å²) in [6.07, 6.45) is 1.67. The van der Waals surface area contributed by atoms with Crippen LogP contribution in [0.4, 0.5) is 0 Å². The van der Waals surface area contributed by atoms with E-state index in [-0.39, 0.29) is 12.5 Å². The number of amides is 1. The van der Waals surface area contributed by atoms with E-state index >= 15 is 0 Å². The van der Waals surface area contributed by atoms with Gasteiger partial charge in [0.2, 0.25) is 0 Å². The van der Waals surface area contributed by atoms with Gasteiger partial charge in [-0.1, -0.05) is 12.1 Å². The zero-order valence-electron chi connectivity index (χ0n) is 12.6. The number of nitrogens with one attached hydrogen (secondary N) is 1. The molecule has 1 aromatic rings. The minimum absolute atomic E-state index is 0.0136. The Morgan fingerprint density at radius 3 is 2.62 bits per heavy atom. The van der Waals surface area contributed by atoms with Crippen molar-refractivity contribution in [1.82, 2.24) is 5.32 Å². The first-order valence-corrected chi connectivity index (χ1v) is 7.07. The summed E-state index contributed by atoms with van der Waals surface area (Å²) in [4.78, 5) is 23.3. The Kier molecular flexibility index (Phi) is 4.21. The molecule has 2 rings (SSSR count). The summed E-state index contributed by atoms with van der Waals surface area (Å²) < 4.78 is 5.50. The fraction of sp³-hybridized carbons (Fsp3) is 0.500. The second-order valence-electron chi connectivity index (χ2n) is 5.89. The fourth-order valence-corrected chi connectivity index (χ4v) is 2.32. The SMILES string of the molecule is Cc1ccc(C)c(OCC(=O)NC(C)(C(=O)O)C2CC2)c1. The van der Waals surface area contributed by atoms with Crippen LogP contribution in [0.15, 0.2) is 18.2 Å². The van der Waals surface area contributed by atoms with Gasteiger partial charge in [0.15, 0.2) is 6.61 Å². The molecular formula is C16H21NO4. The van der Waals surface area contributed by atoms with E-state index < -0.39 is 17.4 Å². The van der Waals surface area contributed by atoms with Crippen LogP contribution < -0.4 is 10.1 Å². The standard InChI is InChI=1S/C16H21NO4/c1-10-4-5-11(2)13(8-10)21-9-14(18)17-16(3,15(19)20)12-6-7-12/h4-5,8,12H,6-7,9H2,1-3H3,(H,17,18)(H,19,20). The summed E-state index contributed by atoms with van der Waals surface area (Å²) in [5.41, 5.74) is 0.795. The second kappa shape index (κ2) is 5.76. The molecule has 1 fully saturated rings. The van der Waals surface area contributed by atoms with Crippen molar-refractivity contribution in [1.29, 1.82) is 0 Å². The monoisotopic (exact) mass is 291 g/mol. The third-order valence-corrected chi connectivity index (χ3v) is 3.94. The summed E-state index contributed by atoms with van der Waals surface area (Å²) >= 11 is 0. The van der Waals surface area contributed by atoms with Gasteiger partial charge < -0.3 is 15.2 Å². The molecule has 1 aliphatic rings. The maximum atomic E-state index is 12.0. The lowest BCUT2D eigenvalue weighted by atomic mass is 9.96. The molecule has 0 heterocycles. The lowest BCUT2D eigenvalue weighted by Gasteiger charge is -2.26. The van der Waals surface area contributed by atoms with Crippen LogP contribution in [0, 0.1) is 19.8 Å². The van der Waals surface area contributed by atoms with Gasteiger partial charge in [-0.05, 0) is 56.7 Å². The molecule has 2 N–H and O–H groups in total. The van der Waals surface area contributed by atoms with Gasteiger partial charge in [-0.2, -0.15) is 0 Å². The lowest BCUT2D eigenvalue weighted by Crippen LogP contribution is -2.55. The molecule has 0 aromatic heterocycles. The highest BCUT2D eigenvalue weighted by molar-refractivity contribution is 5.88. The average Bonchev–Trinajstić information content (AvgIpc) is 3.24. The highest BCUT2D eigenvalue weighted by Crippen LogP contribution is 2.39. The van der Waals surface area contributed by atoms with Crippen molar-refractivity contribution in [2.24, 2.45) is 5.92 Å². The highest BCUT2D eigenvalue weighted by atomic mass is 16.5. The number of carboxylic acids is 1. The Hall–Kier alpha value is -2.04. The first kappa shape index (κ1) is 15.4. The number of hydrogen-bond acceptors (Lipinski definition) is 3. The van der Waals surface area contributed by atoms with Crippen LogP contribution in [0.5, 0.6) is 5.75 Å². The number of benzene rings is 1. The average molecular weight is 291 g/mol. The van der Waals surface area contributed by atoms with Crippen molar-refractivity contribution < 1.29 is 19.4 Å². The summed E-state index contributed by atoms with van der Waals surface area (Å²) in [5.74, 6) is -0.744. The molecule has 1 aliphatic carbocycles. The molecule has 0 spiro atoms. The first-order chi connectivity index (χ1) is 9.83. The maximum absolute atomic E-state index is 12.0. The van der Waals surface area contributed by atoms with E-state index in [1.807, 2.05) is 32.0 Å². The predicted molar refractivity (Wildman–Crippen MR) is 78.3 cm³/mol. The molecule has 21 heavy (non-hydrogen) atoms. The van der Waals surface area contributed by atoms with E-state index in [9.17, 15) is 14.7 Å². The number of hydrogen-bond donors (Lipinski definition) is 2. The van der Waals surface area contributed by atoms with Crippen LogP contribution >= 0.6 is 0 Å². The number of ether oxygens (including phenoxy) is 1. The molecule has 0 radical (unpaired) electrons. The van der Waals surface area contributed by atoms with Crippen LogP contribution in [0.3, 0.4) is 0 Å². The Morgan fingerprint density at radius 2 is 2.05 bits per heavy atom. The quantitative estimate of drug-likeness (QED) is 0.841. The van der Waals surface area contributed by atoms with Crippen LogP contribution in [0.1, 0.15) is 30.9 Å². The zero-order chi connectivity index (χ0) is 15.6. The largest absolute Gasteiger partial charge is 0.483 e. The van der Waals surface area contributed by atoms with Crippen LogP contribution in [-0.4, -0.2) is 29.1 Å². The molecule has 0 aliphatic heterocycles. The van der Waals surface area contributed by atoms with E-state index in [2.05, 4.69) is 5.32 Å². The second-order valence-corrected chi connectivity index (χ2v) is 5.89. The summed E-state index contributed by atoms with van der Waals surface area (Å²) in [6.45, 7) is 5.22. The summed E-state index contributed by atoms with van der Waals surface area (Å²) in [6, 6.07) is 5.75. The van der Waals surface area contributed by atoms with Gasteiger partial charge in [-0.25, -0.2) is 4.79 Å². The molecular weight excluding hydrogens is 270 g/mol. The third kappa shape index (κ3) is 3.54. The molecule has 5 nitrogen and oxygen atoms in total. The van der Waals surface area contributed by atoms with Gasteiger partial charge in [-0.3, -0.25) is 4.79 Å². The highest BCUT2D eigenvalue weighted by Gasteiger charge is 2.48. The molecule has 114 valence electrons. The molecule has 1 atom stereocenters. The van der Waals surface area contributed by atoms with Gasteiger partial charge in [0.05, 0.1) is 0 Å². The van der Waals surface area contributed by atoms with E-state index in [0.29, 0.717) is 5.75 Å². The lowest BCUT2D eigenvalue weighted by molar-refractivity contribution is -0.148. The Morgan fingerprint density at radius 1 is 1.38 bits per heavy atom. The summed E-state index contributed by atoms with van der Waals surface area (Å²) in [7, 11) is 0. The van der Waals surface area contributed by atoms with Crippen molar-refractivity contribution >= 4 is 11.9 Å². The molecule has 1 unspecified atom stereocenters. The zero-order valence-corrected chi connectivity index (χ0v) is 12.6. The minimum atomic E-state index is -1.19. The van der Waals surface area contributed by atoms with Gasteiger partial charge in [-0.15, -0.1) is 0 Å². The smallest absolute Gasteiger partial charge is 0.329 e. The van der Waals surface area contributed by atoms with E-state index in [4.69, 9.17) is 4.74 Å². The number of carbonyl (C=O) groups is 2. The van der Waals surface area contributed by atoms with Crippen molar-refractivity contribution in [2.45, 2.75) is 39.2 Å². The van der Waals surface area contributed by atoms with Crippen molar-refractivity contribution in [3.05, 3.63) is 29.3 Å². The predicted octanol–water partition coefficient (Wildman–Crippen LogP) is 2.05. The molecule has 1 amide bonds. The van der Waals surface area contributed by atoms with Crippen LogP contribution in [-0.2, 0) is 9.59 Å². The Labute approximate surface area is 124 Å². The normalized spacial score (nSPS) is 16.9. The van der Waals surface area contributed by atoms with Crippen molar-refractivity contribution in [3.63, 3.8) is 0 Å². The van der Waals surface area contributed by atoms with Crippen molar-refractivity contribution in [3.8, 4) is 5.75 Å². The number of carboxylic acid groups (broad SMARTS) is 1. The molecule has 1 saturated carbocycles. The Balaban J connectivity index is 1.95. The van der Waals surface area contributed by atoms with Gasteiger partial charge in [0.25, 0.3) is 5.91 Å². The number of aliphatic carboxylic acids is 1. The number of aryl methyl sites for hydroxylation is 2. The third-order valence-electron chi connectivity index (χ3n) is 3.94. The first-order valence-electron chi connectivity index (χ1n) is 7.07. The Bertz CT molecular complexity index is 565. The van der Waals surface area contributed by atoms with E-state index in [1.165, 1.54) is 0 Å². The minimum Gasteiger partial charge on any atom is -0.483 e. The maximum Gasteiger partial charge on any atom is 0.329 e. The molecule has 5 heteroatoms. The number of carbonyl (C=O) groups excluding carboxylic acids is 1. The van der Waals surface area contributed by atoms with Gasteiger partial charge in [0, 0.05) is 0 Å². The molecule has 0 bridgehead atoms. The van der Waals surface area contributed by atoms with E-state index in [0.717, 1.165) is 24.0 Å². The summed E-state index contributed by atoms with van der Waals surface area (Å²) in [5, 5.41) is 11.9. The molecule has 1 aromatic carbocycles. The number of rotatable bonds is 6. The fourth-order valence-electron chi connectivity index (χ4n) is 2.32. The topological polar surface area (TPSA) is 75.6 Å². The van der Waals surface area contributed by atoms with Crippen LogP contribution in [0.25, 0.3) is 0 Å². The molecule has 0 saturated heterocycles.